The summed E-state index contributed by atoms with van der Waals surface area (Å²) in [4.78, 5) is 10.8. The summed E-state index contributed by atoms with van der Waals surface area (Å²) in [6.07, 6.45) is 0.839. The lowest BCUT2D eigenvalue weighted by molar-refractivity contribution is -0.120. The van der Waals surface area contributed by atoms with Gasteiger partial charge in [0.2, 0.25) is 5.91 Å². The Bertz CT molecular complexity index is 95.1. The van der Waals surface area contributed by atoms with Gasteiger partial charge in [-0.1, -0.05) is 22.9 Å². The second kappa shape index (κ2) is 4.79. The zero-order valence-corrected chi connectivity index (χ0v) is 7.36. The van der Waals surface area contributed by atoms with Gasteiger partial charge in [-0.05, 0) is 13.3 Å². The van der Waals surface area contributed by atoms with Crippen LogP contribution in [0.3, 0.4) is 0 Å². The molecule has 0 aromatic carbocycles. The van der Waals surface area contributed by atoms with Crippen molar-refractivity contribution in [3.8, 4) is 0 Å². The Balaban J connectivity index is 3.46. The summed E-state index contributed by atoms with van der Waals surface area (Å²) < 4.78 is 0. The molecule has 0 aliphatic heterocycles. The van der Waals surface area contributed by atoms with Crippen LogP contribution in [-0.2, 0) is 4.79 Å². The molecule has 0 heterocycles. The van der Waals surface area contributed by atoms with Crippen LogP contribution in [-0.4, -0.2) is 17.3 Å². The van der Waals surface area contributed by atoms with E-state index in [0.29, 0.717) is 6.54 Å². The van der Waals surface area contributed by atoms with Crippen molar-refractivity contribution < 1.29 is 4.79 Å². The fourth-order valence-corrected chi connectivity index (χ4v) is 0.632. The first-order valence-electron chi connectivity index (χ1n) is 3.14. The molecule has 0 fully saturated rings. The van der Waals surface area contributed by atoms with Gasteiger partial charge in [0.25, 0.3) is 0 Å². The Morgan fingerprint density at radius 2 is 2.22 bits per heavy atom. The van der Waals surface area contributed by atoms with Gasteiger partial charge in [-0.15, -0.1) is 0 Å². The molecule has 1 unspecified atom stereocenters. The molecule has 0 saturated carbocycles. The van der Waals surface area contributed by atoms with E-state index in [1.54, 1.807) is 0 Å². The smallest absolute Gasteiger partial charge is 0.233 e. The average Bonchev–Trinajstić information content (AvgIpc) is 1.87. The lowest BCUT2D eigenvalue weighted by Crippen LogP contribution is -2.30. The molecule has 0 bridgehead atoms. The number of amides is 1. The Morgan fingerprint density at radius 1 is 1.67 bits per heavy atom. The summed E-state index contributed by atoms with van der Waals surface area (Å²) in [5.74, 6) is 0.0833. The average molecular weight is 194 g/mol. The predicted octanol–water partition coefficient (Wildman–Crippen LogP) is 1.30. The molecule has 0 aliphatic carbocycles. The molecule has 0 aliphatic rings. The van der Waals surface area contributed by atoms with E-state index in [0.717, 1.165) is 6.42 Å². The molecular weight excluding hydrogens is 182 g/mol. The van der Waals surface area contributed by atoms with E-state index in [-0.39, 0.29) is 10.7 Å². The molecule has 0 aromatic heterocycles. The van der Waals surface area contributed by atoms with Crippen LogP contribution in [0.5, 0.6) is 0 Å². The molecule has 0 spiro atoms. The number of halogens is 1. The van der Waals surface area contributed by atoms with Crippen molar-refractivity contribution in [2.24, 2.45) is 0 Å². The van der Waals surface area contributed by atoms with Gasteiger partial charge in [-0.25, -0.2) is 0 Å². The maximum atomic E-state index is 10.8. The van der Waals surface area contributed by atoms with Crippen molar-refractivity contribution in [2.45, 2.75) is 25.1 Å². The van der Waals surface area contributed by atoms with Crippen LogP contribution in [0.1, 0.15) is 20.3 Å². The molecule has 9 heavy (non-hydrogen) atoms. The van der Waals surface area contributed by atoms with Crippen LogP contribution < -0.4 is 5.32 Å². The lowest BCUT2D eigenvalue weighted by Gasteiger charge is -2.04. The van der Waals surface area contributed by atoms with Gasteiger partial charge in [0.1, 0.15) is 0 Å². The quantitative estimate of drug-likeness (QED) is 0.674. The number of hydrogen-bond acceptors (Lipinski definition) is 1. The normalized spacial score (nSPS) is 12.8. The minimum Gasteiger partial charge on any atom is -0.355 e. The van der Waals surface area contributed by atoms with E-state index < -0.39 is 0 Å². The van der Waals surface area contributed by atoms with E-state index >= 15 is 0 Å². The van der Waals surface area contributed by atoms with Gasteiger partial charge >= 0.3 is 0 Å². The Kier molecular flexibility index (Phi) is 4.77. The molecular formula is C6H12BrNO. The molecule has 1 atom stereocenters. The zero-order chi connectivity index (χ0) is 7.28. The van der Waals surface area contributed by atoms with Crippen molar-refractivity contribution in [1.82, 2.24) is 5.32 Å². The van der Waals surface area contributed by atoms with E-state index in [4.69, 9.17) is 0 Å². The molecule has 1 N–H and O–H groups in total. The van der Waals surface area contributed by atoms with E-state index in [9.17, 15) is 4.79 Å². The molecule has 54 valence electrons. The van der Waals surface area contributed by atoms with Gasteiger partial charge < -0.3 is 5.32 Å². The Hall–Kier alpha value is -0.0500. The standard InChI is InChI=1S/C6H12BrNO/c1-3-5(7)6(9)8-4-2/h5H,3-4H2,1-2H3,(H,8,9). The summed E-state index contributed by atoms with van der Waals surface area (Å²) in [6, 6.07) is 0. The summed E-state index contributed by atoms with van der Waals surface area (Å²) in [5, 5.41) is 2.71. The molecule has 3 heteroatoms. The summed E-state index contributed by atoms with van der Waals surface area (Å²) in [5.41, 5.74) is 0. The first-order valence-corrected chi connectivity index (χ1v) is 4.05. The number of alkyl halides is 1. The van der Waals surface area contributed by atoms with Crippen LogP contribution in [0.2, 0.25) is 0 Å². The molecule has 0 aromatic rings. The third kappa shape index (κ3) is 3.51. The summed E-state index contributed by atoms with van der Waals surface area (Å²) in [6.45, 7) is 4.59. The van der Waals surface area contributed by atoms with Crippen molar-refractivity contribution in [1.29, 1.82) is 0 Å². The van der Waals surface area contributed by atoms with E-state index in [2.05, 4.69) is 21.2 Å². The van der Waals surface area contributed by atoms with Crippen molar-refractivity contribution >= 4 is 21.8 Å². The molecule has 0 radical (unpaired) electrons. The highest BCUT2D eigenvalue weighted by molar-refractivity contribution is 9.10. The number of carbonyl (C=O) groups is 1. The van der Waals surface area contributed by atoms with Crippen molar-refractivity contribution in [3.05, 3.63) is 0 Å². The fraction of sp³-hybridized carbons (Fsp3) is 0.833. The third-order valence-electron chi connectivity index (χ3n) is 0.994. The second-order valence-electron chi connectivity index (χ2n) is 1.77. The summed E-state index contributed by atoms with van der Waals surface area (Å²) >= 11 is 3.23. The van der Waals surface area contributed by atoms with Crippen molar-refractivity contribution in [3.63, 3.8) is 0 Å². The van der Waals surface area contributed by atoms with Crippen molar-refractivity contribution in [2.75, 3.05) is 6.54 Å². The van der Waals surface area contributed by atoms with Gasteiger partial charge in [0.05, 0.1) is 4.83 Å². The predicted molar refractivity (Wildman–Crippen MR) is 41.7 cm³/mol. The number of rotatable bonds is 3. The summed E-state index contributed by atoms with van der Waals surface area (Å²) in [7, 11) is 0. The second-order valence-corrected chi connectivity index (χ2v) is 2.88. The fourth-order valence-electron chi connectivity index (χ4n) is 0.470. The lowest BCUT2D eigenvalue weighted by atomic mass is 10.3. The van der Waals surface area contributed by atoms with Crippen LogP contribution in [0.25, 0.3) is 0 Å². The number of hydrogen-bond donors (Lipinski definition) is 1. The first-order chi connectivity index (χ1) is 4.22. The highest BCUT2D eigenvalue weighted by Crippen LogP contribution is 2.02. The highest BCUT2D eigenvalue weighted by atomic mass is 79.9. The molecule has 1 amide bonds. The molecule has 0 saturated heterocycles. The number of carbonyl (C=O) groups excluding carboxylic acids is 1. The maximum Gasteiger partial charge on any atom is 0.233 e. The highest BCUT2D eigenvalue weighted by Gasteiger charge is 2.09. The van der Waals surface area contributed by atoms with Crippen LogP contribution in [0.15, 0.2) is 0 Å². The minimum atomic E-state index is -0.0163. The monoisotopic (exact) mass is 193 g/mol. The third-order valence-corrected chi connectivity index (χ3v) is 2.06. The van der Waals surface area contributed by atoms with Gasteiger partial charge in [0, 0.05) is 6.54 Å². The van der Waals surface area contributed by atoms with Gasteiger partial charge in [-0.3, -0.25) is 4.79 Å². The van der Waals surface area contributed by atoms with Gasteiger partial charge in [0.15, 0.2) is 0 Å². The van der Waals surface area contributed by atoms with Crippen LogP contribution in [0, 0.1) is 0 Å². The maximum absolute atomic E-state index is 10.8. The number of nitrogens with one attached hydrogen (secondary N) is 1. The van der Waals surface area contributed by atoms with Gasteiger partial charge in [-0.2, -0.15) is 0 Å². The Morgan fingerprint density at radius 3 is 2.56 bits per heavy atom. The Labute approximate surface area is 64.1 Å². The SMILES string of the molecule is CCNC(=O)C(Br)CC. The largest absolute Gasteiger partial charge is 0.355 e. The molecule has 0 rings (SSSR count). The van der Waals surface area contributed by atoms with E-state index in [1.165, 1.54) is 0 Å². The first kappa shape index (κ1) is 8.95. The zero-order valence-electron chi connectivity index (χ0n) is 5.78. The molecule has 2 nitrogen and oxygen atoms in total. The van der Waals surface area contributed by atoms with E-state index in [1.807, 2.05) is 13.8 Å². The minimum absolute atomic E-state index is 0.0163. The topological polar surface area (TPSA) is 29.1 Å². The van der Waals surface area contributed by atoms with Crippen LogP contribution in [0.4, 0.5) is 0 Å². The van der Waals surface area contributed by atoms with Crippen LogP contribution >= 0.6 is 15.9 Å².